The van der Waals surface area contributed by atoms with Crippen LogP contribution in [0.15, 0.2) is 145 Å². The van der Waals surface area contributed by atoms with Crippen molar-refractivity contribution in [3.63, 3.8) is 0 Å². The molecule has 4 rings (SSSR count). The normalized spacial score (nSPS) is 11.1. The predicted octanol–water partition coefficient (Wildman–Crippen LogP) is 4.98. The molecule has 0 atom stereocenters. The van der Waals surface area contributed by atoms with Gasteiger partial charge >= 0.3 is 17.1 Å². The second-order valence-electron chi connectivity index (χ2n) is 9.17. The van der Waals surface area contributed by atoms with E-state index in [-0.39, 0.29) is 28.4 Å². The van der Waals surface area contributed by atoms with E-state index in [4.69, 9.17) is 0 Å². The summed E-state index contributed by atoms with van der Waals surface area (Å²) in [7, 11) is 0. The van der Waals surface area contributed by atoms with Crippen molar-refractivity contribution < 1.29 is 46.7 Å². The van der Waals surface area contributed by atoms with E-state index in [9.17, 15) is 40.0 Å². The SMILES string of the molecule is O=C(/C=C([O-])/C=C/c1ccc([N+](=O)[O-])cc1)Nc1ccccc1.O=C(/C=C([O-])/C=C/c1ccc([N+](=O)[O-])cc1)Nc1ccccc1.[Cu+2]. The minimum absolute atomic E-state index is 0. The molecular weight excluding hydrogens is 656 g/mol. The first kappa shape index (κ1) is 36.9. The molecule has 0 aromatic heterocycles. The van der Waals surface area contributed by atoms with E-state index in [0.29, 0.717) is 22.5 Å². The van der Waals surface area contributed by atoms with Crippen LogP contribution in [0.25, 0.3) is 12.2 Å². The number of carbonyl (C=O) groups excluding carboxylic acids is 2. The predicted molar refractivity (Wildman–Crippen MR) is 171 cm³/mol. The van der Waals surface area contributed by atoms with E-state index < -0.39 is 33.2 Å². The maximum atomic E-state index is 11.7. The number of nitro groups is 2. The summed E-state index contributed by atoms with van der Waals surface area (Å²) in [4.78, 5) is 43.4. The molecule has 4 aromatic carbocycles. The molecule has 2 N–H and O–H groups in total. The van der Waals surface area contributed by atoms with Crippen LogP contribution < -0.4 is 20.8 Å². The minimum atomic E-state index is -0.519. The number of non-ortho nitro benzene ring substituents is 2. The molecule has 0 aliphatic heterocycles. The summed E-state index contributed by atoms with van der Waals surface area (Å²) in [5, 5.41) is 49.6. The van der Waals surface area contributed by atoms with Gasteiger partial charge in [0.25, 0.3) is 11.4 Å². The fourth-order valence-corrected chi connectivity index (χ4v) is 3.53. The average molecular weight is 682 g/mol. The van der Waals surface area contributed by atoms with Crippen molar-refractivity contribution >= 4 is 46.7 Å². The van der Waals surface area contributed by atoms with E-state index >= 15 is 0 Å². The first-order valence-corrected chi connectivity index (χ1v) is 13.4. The van der Waals surface area contributed by atoms with Crippen molar-refractivity contribution in [1.82, 2.24) is 0 Å². The molecule has 241 valence electrons. The van der Waals surface area contributed by atoms with Crippen molar-refractivity contribution in [3.8, 4) is 0 Å². The van der Waals surface area contributed by atoms with Crippen molar-refractivity contribution in [2.45, 2.75) is 0 Å². The van der Waals surface area contributed by atoms with Crippen LogP contribution in [0.4, 0.5) is 22.7 Å². The molecule has 47 heavy (non-hydrogen) atoms. The largest absolute Gasteiger partial charge is 2.00 e. The van der Waals surface area contributed by atoms with Gasteiger partial charge in [0.1, 0.15) is 0 Å². The Kier molecular flexibility index (Phi) is 15.0. The molecule has 2 amide bonds. The number of nitrogens with zero attached hydrogens (tertiary/aromatic N) is 2. The van der Waals surface area contributed by atoms with Crippen LogP contribution in [0.2, 0.25) is 0 Å². The van der Waals surface area contributed by atoms with Gasteiger partial charge < -0.3 is 20.8 Å². The molecule has 0 unspecified atom stereocenters. The molecule has 0 heterocycles. The fourth-order valence-electron chi connectivity index (χ4n) is 3.53. The van der Waals surface area contributed by atoms with Gasteiger partial charge in [-0.2, -0.15) is 0 Å². The maximum Gasteiger partial charge on any atom is 2.00 e. The van der Waals surface area contributed by atoms with Crippen LogP contribution in [0.5, 0.6) is 0 Å². The third-order valence-electron chi connectivity index (χ3n) is 5.72. The summed E-state index contributed by atoms with van der Waals surface area (Å²) in [5.41, 5.74) is 2.40. The standard InChI is InChI=1S/2C17H14N2O4.Cu/c2*20-16(12-17(21)18-14-4-2-1-3-5-14)11-8-13-6-9-15(10-7-13)19(22)23;/h2*1-12,20H,(H,18,21);/q;;+2/p-2/b2*11-8+,16-12-;. The van der Waals surface area contributed by atoms with Crippen LogP contribution in [-0.4, -0.2) is 21.7 Å². The molecule has 0 saturated carbocycles. The van der Waals surface area contributed by atoms with E-state index in [1.54, 1.807) is 48.5 Å². The molecule has 13 heteroatoms. The Hall–Kier alpha value is -6.30. The van der Waals surface area contributed by atoms with Crippen LogP contribution in [-0.2, 0) is 26.7 Å². The number of amides is 2. The van der Waals surface area contributed by atoms with Crippen molar-refractivity contribution in [2.24, 2.45) is 0 Å². The van der Waals surface area contributed by atoms with Crippen LogP contribution in [0.3, 0.4) is 0 Å². The molecule has 0 bridgehead atoms. The second-order valence-corrected chi connectivity index (χ2v) is 9.17. The number of benzene rings is 4. The zero-order valence-electron chi connectivity index (χ0n) is 24.3. The third kappa shape index (κ3) is 13.9. The van der Waals surface area contributed by atoms with Gasteiger partial charge in [0.05, 0.1) is 9.85 Å². The van der Waals surface area contributed by atoms with Crippen molar-refractivity contribution in [1.29, 1.82) is 0 Å². The molecule has 0 fully saturated rings. The Balaban J connectivity index is 0.000000320. The topological polar surface area (TPSA) is 191 Å². The smallest absolute Gasteiger partial charge is 0.872 e. The van der Waals surface area contributed by atoms with Gasteiger partial charge in [-0.3, -0.25) is 29.8 Å². The van der Waals surface area contributed by atoms with Gasteiger partial charge in [0.15, 0.2) is 0 Å². The number of carbonyl (C=O) groups is 2. The summed E-state index contributed by atoms with van der Waals surface area (Å²) in [6.07, 6.45) is 7.30. The average Bonchev–Trinajstić information content (AvgIpc) is 3.04. The molecule has 12 nitrogen and oxygen atoms in total. The molecule has 4 aromatic rings. The molecule has 0 aliphatic carbocycles. The van der Waals surface area contributed by atoms with E-state index in [1.807, 2.05) is 12.1 Å². The molecule has 0 spiro atoms. The number of hydrogen-bond acceptors (Lipinski definition) is 8. The number of nitro benzene ring substituents is 2. The zero-order chi connectivity index (χ0) is 33.3. The van der Waals surface area contributed by atoms with Gasteiger partial charge in [-0.05, 0) is 71.8 Å². The Labute approximate surface area is 279 Å². The summed E-state index contributed by atoms with van der Waals surface area (Å²) >= 11 is 0. The molecule has 0 aliphatic rings. The molecule has 0 saturated heterocycles. The second kappa shape index (κ2) is 19.2. The number of rotatable bonds is 10. The van der Waals surface area contributed by atoms with E-state index in [0.717, 1.165) is 12.2 Å². The number of hydrogen-bond donors (Lipinski definition) is 2. The quantitative estimate of drug-likeness (QED) is 0.0585. The third-order valence-corrected chi connectivity index (χ3v) is 5.72. The Morgan fingerprint density at radius 1 is 0.532 bits per heavy atom. The van der Waals surface area contributed by atoms with Gasteiger partial charge in [0, 0.05) is 35.6 Å². The van der Waals surface area contributed by atoms with Crippen LogP contribution in [0, 0.1) is 20.2 Å². The summed E-state index contributed by atoms with van der Waals surface area (Å²) in [6.45, 7) is 0. The van der Waals surface area contributed by atoms with Crippen molar-refractivity contribution in [3.05, 3.63) is 176 Å². The molecular formula is C34H26CuN4O8. The van der Waals surface area contributed by atoms with Crippen molar-refractivity contribution in [2.75, 3.05) is 10.6 Å². The van der Waals surface area contributed by atoms with Gasteiger partial charge in [-0.1, -0.05) is 60.7 Å². The first-order valence-electron chi connectivity index (χ1n) is 13.4. The maximum absolute atomic E-state index is 11.7. The van der Waals surface area contributed by atoms with Crippen LogP contribution in [0.1, 0.15) is 11.1 Å². The number of nitrogens with one attached hydrogen (secondary N) is 2. The molecule has 1 radical (unpaired) electrons. The summed E-state index contributed by atoms with van der Waals surface area (Å²) < 4.78 is 0. The number of allylic oxidation sites excluding steroid dienone is 2. The number of anilines is 2. The number of para-hydroxylation sites is 2. The van der Waals surface area contributed by atoms with Gasteiger partial charge in [-0.15, -0.1) is 11.5 Å². The van der Waals surface area contributed by atoms with Gasteiger partial charge in [0.2, 0.25) is 11.8 Å². The first-order chi connectivity index (χ1) is 22.1. The monoisotopic (exact) mass is 681 g/mol. The zero-order valence-corrected chi connectivity index (χ0v) is 25.3. The summed E-state index contributed by atoms with van der Waals surface area (Å²) in [5.74, 6) is -1.99. The fraction of sp³-hybridized carbons (Fsp3) is 0. The van der Waals surface area contributed by atoms with Gasteiger partial charge in [-0.25, -0.2) is 0 Å². The summed E-state index contributed by atoms with van der Waals surface area (Å²) in [6, 6.07) is 29.0. The minimum Gasteiger partial charge on any atom is -0.872 e. The Morgan fingerprint density at radius 2 is 0.851 bits per heavy atom. The van der Waals surface area contributed by atoms with E-state index in [2.05, 4.69) is 10.6 Å². The Morgan fingerprint density at radius 3 is 1.15 bits per heavy atom. The van der Waals surface area contributed by atoms with Crippen LogP contribution >= 0.6 is 0 Å². The van der Waals surface area contributed by atoms with E-state index in [1.165, 1.54) is 72.8 Å². The Bertz CT molecular complexity index is 1640.